The van der Waals surface area contributed by atoms with Crippen molar-refractivity contribution in [2.24, 2.45) is 0 Å². The van der Waals surface area contributed by atoms with E-state index < -0.39 is 24.3 Å². The molecule has 0 saturated heterocycles. The molecule has 2 N–H and O–H groups in total. The zero-order valence-electron chi connectivity index (χ0n) is 6.39. The number of carbonyl (C=O) groups is 2. The SMILES string of the molecule is O=C(O)C(F)(F)F.O=C(O)C(F)(F)F.[Te]. The second kappa shape index (κ2) is 6.73. The molecule has 0 aromatic heterocycles. The summed E-state index contributed by atoms with van der Waals surface area (Å²) in [5.41, 5.74) is 0. The van der Waals surface area contributed by atoms with E-state index in [9.17, 15) is 26.3 Å². The first kappa shape index (κ1) is 19.8. The fraction of sp³-hybridized carbons (Fsp3) is 0.500. The van der Waals surface area contributed by atoms with Crippen molar-refractivity contribution < 1.29 is 46.1 Å². The second-order valence-corrected chi connectivity index (χ2v) is 1.61. The minimum atomic E-state index is -5.08. The van der Waals surface area contributed by atoms with Gasteiger partial charge in [0.25, 0.3) is 0 Å². The molecule has 0 saturated carbocycles. The van der Waals surface area contributed by atoms with E-state index in [1.807, 2.05) is 0 Å². The molecule has 0 unspecified atom stereocenters. The van der Waals surface area contributed by atoms with Gasteiger partial charge in [0.2, 0.25) is 0 Å². The summed E-state index contributed by atoms with van der Waals surface area (Å²) in [5, 5.41) is 14.2. The van der Waals surface area contributed by atoms with Crippen molar-refractivity contribution in [1.29, 1.82) is 0 Å². The van der Waals surface area contributed by atoms with Gasteiger partial charge in [0, 0.05) is 23.7 Å². The Morgan fingerprint density at radius 3 is 0.800 bits per heavy atom. The average Bonchev–Trinajstić information content (AvgIpc) is 1.83. The maximum Gasteiger partial charge on any atom is 0.490 e. The van der Waals surface area contributed by atoms with E-state index in [4.69, 9.17) is 19.8 Å². The van der Waals surface area contributed by atoms with Crippen molar-refractivity contribution in [2.75, 3.05) is 0 Å². The first-order valence-electron chi connectivity index (χ1n) is 2.49. The van der Waals surface area contributed by atoms with Gasteiger partial charge in [0.1, 0.15) is 0 Å². The standard InChI is InChI=1S/2C2HF3O2.Te/c2*3-2(4,5)1(6)7;/h2*(H,6,7);. The summed E-state index contributed by atoms with van der Waals surface area (Å²) in [5.74, 6) is -5.51. The van der Waals surface area contributed by atoms with Crippen molar-refractivity contribution in [3.63, 3.8) is 0 Å². The van der Waals surface area contributed by atoms with Gasteiger partial charge in [-0.1, -0.05) is 0 Å². The Balaban J connectivity index is -0.000000180. The molecule has 0 spiro atoms. The van der Waals surface area contributed by atoms with Gasteiger partial charge in [-0.15, -0.1) is 0 Å². The quantitative estimate of drug-likeness (QED) is 0.500. The second-order valence-electron chi connectivity index (χ2n) is 1.61. The number of hydrogen-bond donors (Lipinski definition) is 2. The number of hydrogen-bond acceptors (Lipinski definition) is 2. The Kier molecular flexibility index (Phi) is 8.89. The molecule has 0 rings (SSSR count). The zero-order chi connectivity index (χ0) is 12.2. The van der Waals surface area contributed by atoms with Gasteiger partial charge in [-0.05, 0) is 0 Å². The van der Waals surface area contributed by atoms with Crippen LogP contribution in [0.4, 0.5) is 26.3 Å². The summed E-state index contributed by atoms with van der Waals surface area (Å²) in [6.45, 7) is 0. The van der Waals surface area contributed by atoms with E-state index in [1.165, 1.54) is 0 Å². The van der Waals surface area contributed by atoms with Gasteiger partial charge in [-0.25, -0.2) is 9.59 Å². The molecule has 0 fully saturated rings. The number of rotatable bonds is 0. The predicted octanol–water partition coefficient (Wildman–Crippen LogP) is 0.886. The molecule has 11 heteroatoms. The van der Waals surface area contributed by atoms with Gasteiger partial charge in [-0.2, -0.15) is 26.3 Å². The van der Waals surface area contributed by atoms with E-state index >= 15 is 0 Å². The number of carboxylic acids is 2. The largest absolute Gasteiger partial charge is 0.490 e. The van der Waals surface area contributed by atoms with Crippen LogP contribution in [0.2, 0.25) is 0 Å². The summed E-state index contributed by atoms with van der Waals surface area (Å²) in [4.78, 5) is 17.8. The fourth-order valence-electron chi connectivity index (χ4n) is 0. The predicted molar refractivity (Wildman–Crippen MR) is 33.1 cm³/mol. The van der Waals surface area contributed by atoms with Gasteiger partial charge in [0.05, 0.1) is 0 Å². The Hall–Kier alpha value is -0.690. The summed E-state index contributed by atoms with van der Waals surface area (Å²) in [7, 11) is 0. The van der Waals surface area contributed by atoms with Crippen LogP contribution in [0.1, 0.15) is 0 Å². The third kappa shape index (κ3) is 13.3. The Morgan fingerprint density at radius 2 is 0.800 bits per heavy atom. The molecular formula is C4H2F6O4Te. The first-order valence-corrected chi connectivity index (χ1v) is 2.49. The van der Waals surface area contributed by atoms with Crippen molar-refractivity contribution in [3.8, 4) is 0 Å². The van der Waals surface area contributed by atoms with Crippen LogP contribution in [0, 0.1) is 0 Å². The van der Waals surface area contributed by atoms with Crippen LogP contribution in [-0.4, -0.2) is 58.2 Å². The molecule has 2 radical (unpaired) electrons. The topological polar surface area (TPSA) is 74.6 Å². The zero-order valence-corrected chi connectivity index (χ0v) is 8.72. The molecule has 0 aliphatic heterocycles. The fourth-order valence-corrected chi connectivity index (χ4v) is 0. The van der Waals surface area contributed by atoms with E-state index in [-0.39, 0.29) is 23.7 Å². The molecule has 0 heterocycles. The maximum atomic E-state index is 10.6. The molecule has 0 atom stereocenters. The molecule has 15 heavy (non-hydrogen) atoms. The van der Waals surface area contributed by atoms with Crippen LogP contribution in [0.25, 0.3) is 0 Å². The molecule has 0 bridgehead atoms. The summed E-state index contributed by atoms with van der Waals surface area (Å²) >= 11 is 0. The monoisotopic (exact) mass is 358 g/mol. The Bertz CT molecular complexity index is 196. The van der Waals surface area contributed by atoms with Gasteiger partial charge in [0.15, 0.2) is 0 Å². The molecule has 0 aliphatic carbocycles. The summed E-state index contributed by atoms with van der Waals surface area (Å²) in [6.07, 6.45) is -10.2. The summed E-state index contributed by atoms with van der Waals surface area (Å²) in [6, 6.07) is 0. The first-order chi connectivity index (χ1) is 5.89. The molecule has 0 aliphatic rings. The number of halogens is 6. The maximum absolute atomic E-state index is 10.6. The number of carboxylic acid groups (broad SMARTS) is 2. The van der Waals surface area contributed by atoms with Gasteiger partial charge >= 0.3 is 24.3 Å². The smallest absolute Gasteiger partial charge is 0.475 e. The summed E-state index contributed by atoms with van der Waals surface area (Å²) < 4.78 is 63.5. The van der Waals surface area contributed by atoms with Crippen molar-refractivity contribution in [1.82, 2.24) is 0 Å². The Labute approximate surface area is 94.6 Å². The van der Waals surface area contributed by atoms with E-state index in [1.54, 1.807) is 0 Å². The molecule has 4 nitrogen and oxygen atoms in total. The third-order valence-corrected chi connectivity index (χ3v) is 0.485. The minimum absolute atomic E-state index is 0. The molecular weight excluding hydrogens is 354 g/mol. The number of aliphatic carboxylic acids is 2. The minimum Gasteiger partial charge on any atom is -0.475 e. The van der Waals surface area contributed by atoms with Crippen LogP contribution in [0.15, 0.2) is 0 Å². The average molecular weight is 356 g/mol. The normalized spacial score (nSPS) is 10.5. The molecule has 0 aromatic carbocycles. The third-order valence-electron chi connectivity index (χ3n) is 0.485. The van der Waals surface area contributed by atoms with Gasteiger partial charge in [-0.3, -0.25) is 0 Å². The Morgan fingerprint density at radius 1 is 0.733 bits per heavy atom. The number of alkyl halides is 6. The molecule has 0 amide bonds. The van der Waals surface area contributed by atoms with Gasteiger partial charge < -0.3 is 10.2 Å². The van der Waals surface area contributed by atoms with Crippen LogP contribution in [0.5, 0.6) is 0 Å². The van der Waals surface area contributed by atoms with Crippen molar-refractivity contribution in [2.45, 2.75) is 12.4 Å². The van der Waals surface area contributed by atoms with Crippen LogP contribution in [0.3, 0.4) is 0 Å². The molecule has 90 valence electrons. The molecule has 0 aromatic rings. The van der Waals surface area contributed by atoms with E-state index in [2.05, 4.69) is 0 Å². The van der Waals surface area contributed by atoms with E-state index in [0.29, 0.717) is 0 Å². The van der Waals surface area contributed by atoms with E-state index in [0.717, 1.165) is 0 Å². The van der Waals surface area contributed by atoms with Crippen LogP contribution < -0.4 is 0 Å². The van der Waals surface area contributed by atoms with Crippen LogP contribution >= 0.6 is 0 Å². The van der Waals surface area contributed by atoms with Crippen molar-refractivity contribution >= 4 is 35.6 Å². The van der Waals surface area contributed by atoms with Crippen LogP contribution in [-0.2, 0) is 9.59 Å². The van der Waals surface area contributed by atoms with Crippen molar-refractivity contribution in [3.05, 3.63) is 0 Å².